The van der Waals surface area contributed by atoms with Crippen LogP contribution in [0.3, 0.4) is 0 Å². The number of aliphatic imine (C=N–C) groups is 1. The molecule has 0 saturated heterocycles. The van der Waals surface area contributed by atoms with E-state index in [0.717, 1.165) is 42.5 Å². The number of nitrogens with two attached hydrogens (primary N) is 4. The summed E-state index contributed by atoms with van der Waals surface area (Å²) in [7, 11) is 0. The van der Waals surface area contributed by atoms with Gasteiger partial charge in [0.1, 0.15) is 61.8 Å². The van der Waals surface area contributed by atoms with Gasteiger partial charge >= 0.3 is 18.2 Å². The highest BCUT2D eigenvalue weighted by Gasteiger charge is 2.33. The van der Waals surface area contributed by atoms with Crippen molar-refractivity contribution in [1.29, 1.82) is 0 Å². The molecule has 2 aromatic carbocycles. The lowest BCUT2D eigenvalue weighted by atomic mass is 9.87. The zero-order valence-corrected chi connectivity index (χ0v) is 57.9. The first-order chi connectivity index (χ1) is 45.7. The van der Waals surface area contributed by atoms with Crippen molar-refractivity contribution in [2.24, 2.45) is 38.8 Å². The summed E-state index contributed by atoms with van der Waals surface area (Å²) in [6.07, 6.45) is 4.93. The zero-order chi connectivity index (χ0) is 72.4. The third-order valence-corrected chi connectivity index (χ3v) is 15.5. The predicted octanol–water partition coefficient (Wildman–Crippen LogP) is 3.49. The van der Waals surface area contributed by atoms with Crippen LogP contribution in [0, 0.1) is 10.8 Å². The number of alkyl carbamates (subject to hydrolysis) is 1. The van der Waals surface area contributed by atoms with E-state index in [1.807, 2.05) is 51.1 Å². The van der Waals surface area contributed by atoms with Gasteiger partial charge in [0.2, 0.25) is 41.4 Å². The molecule has 18 N–H and O–H groups in total. The standard InChI is InChI=1S/C66H102ClN15O15/c1-10-82(32-14-15-40(2)74-48-26-31-72-52-37-45(67)20-23-47(48)52)33-34-95-64(94)97-39-66(8,9)28-27-65(6,7)38-96-63(93)81-51(24-25-54(69)84)60(91)78-49(16-11-12-29-68)59(90)79-50(17-13-30-73-62(70)71)58(89)77-42(4)56(87)76-43(5)57(88)80-53(36-44-18-21-46(83)22-19-44)61(92)75-41(3)35-55(85)86/h18-23,26-28,31,37,40-43,49-51,53,83H,10-17,24-25,29-30,32-36,38-39,68H2,1-9H3,(H2,69,84)(H,72,74)(H,75,92)(H,76,87)(H,77,89)(H,78,91)(H,79,90)(H,80,88)(H,81,93)(H,85,86)(H4,70,71,73)/b28-27+/t40?,41-,42+,43+,49+,50+,51+,53+/m1/s1. The Morgan fingerprint density at radius 2 is 1.22 bits per heavy atom. The van der Waals surface area contributed by atoms with Gasteiger partial charge in [-0.25, -0.2) is 9.59 Å². The molecule has 538 valence electrons. The first-order valence-corrected chi connectivity index (χ1v) is 32.9. The largest absolute Gasteiger partial charge is 0.508 e. The Bertz CT molecular complexity index is 3150. The molecule has 3 aromatic rings. The second-order valence-electron chi connectivity index (χ2n) is 25.4. The number of aliphatic carboxylic acids is 1. The quantitative estimate of drug-likeness (QED) is 0.0127. The number of phenolic OH excluding ortho intramolecular Hbond substituents is 1. The summed E-state index contributed by atoms with van der Waals surface area (Å²) in [5.41, 5.74) is 23.1. The topological polar surface area (TPSA) is 468 Å². The lowest BCUT2D eigenvalue weighted by Crippen LogP contribution is -2.59. The summed E-state index contributed by atoms with van der Waals surface area (Å²) in [5.74, 6) is -7.23. The molecule has 0 aliphatic heterocycles. The molecule has 0 fully saturated rings. The second-order valence-corrected chi connectivity index (χ2v) is 25.8. The summed E-state index contributed by atoms with van der Waals surface area (Å²) in [5, 5.41) is 42.0. The summed E-state index contributed by atoms with van der Waals surface area (Å²) in [4.78, 5) is 143. The molecule has 3 rings (SSSR count). The van der Waals surface area contributed by atoms with Crippen molar-refractivity contribution in [3.63, 3.8) is 0 Å². The van der Waals surface area contributed by atoms with Gasteiger partial charge in [0.25, 0.3) is 0 Å². The number of primary amides is 1. The Morgan fingerprint density at radius 3 is 1.81 bits per heavy atom. The highest BCUT2D eigenvalue weighted by molar-refractivity contribution is 6.31. The molecule has 97 heavy (non-hydrogen) atoms. The van der Waals surface area contributed by atoms with Gasteiger partial charge in [0.05, 0.1) is 11.9 Å². The second kappa shape index (κ2) is 41.8. The monoisotopic (exact) mass is 1380 g/mol. The Balaban J connectivity index is 1.61. The van der Waals surface area contributed by atoms with E-state index in [2.05, 4.69) is 64.3 Å². The van der Waals surface area contributed by atoms with Gasteiger partial charge in [-0.15, -0.1) is 0 Å². The number of ether oxygens (including phenoxy) is 3. The van der Waals surface area contributed by atoms with Crippen LogP contribution in [-0.4, -0.2) is 187 Å². The Morgan fingerprint density at radius 1 is 0.649 bits per heavy atom. The molecule has 0 aliphatic carbocycles. The van der Waals surface area contributed by atoms with Crippen molar-refractivity contribution in [2.75, 3.05) is 57.9 Å². The minimum Gasteiger partial charge on any atom is -0.508 e. The number of fused-ring (bicyclic) bond motifs is 1. The number of pyridine rings is 1. The maximum Gasteiger partial charge on any atom is 0.508 e. The van der Waals surface area contributed by atoms with Crippen molar-refractivity contribution in [1.82, 2.24) is 47.1 Å². The molecule has 0 bridgehead atoms. The SMILES string of the molecule is CCN(CCCC(C)Nc1ccnc2cc(Cl)ccc12)CCOC(=O)OCC(C)(C)/C=C/C(C)(C)COC(=O)N[C@@H](CCC(N)=O)C(=O)N[C@@H](CCCCN)C(=O)N[C@@H](CCCN=C(N)N)C(=O)N[C@@H](C)C(=O)N[C@@H](C)C(=O)N[C@@H](Cc1ccc(O)cc1)C(=O)N[C@H](C)CC(=O)O. The molecule has 0 spiro atoms. The fourth-order valence-corrected chi connectivity index (χ4v) is 9.78. The van der Waals surface area contributed by atoms with Crippen LogP contribution in [0.15, 0.2) is 71.9 Å². The summed E-state index contributed by atoms with van der Waals surface area (Å²) in [6, 6.07) is 4.70. The number of carboxylic acid groups (broad SMARTS) is 1. The van der Waals surface area contributed by atoms with Crippen molar-refractivity contribution >= 4 is 93.7 Å². The highest BCUT2D eigenvalue weighted by atomic mass is 35.5. The molecular weight excluding hydrogens is 1280 g/mol. The number of nitrogens with zero attached hydrogens (tertiary/aromatic N) is 3. The molecule has 31 heteroatoms. The molecule has 0 radical (unpaired) electrons. The zero-order valence-electron chi connectivity index (χ0n) is 57.1. The summed E-state index contributed by atoms with van der Waals surface area (Å²) in [6.45, 7) is 17.8. The van der Waals surface area contributed by atoms with Crippen LogP contribution in [0.1, 0.15) is 132 Å². The van der Waals surface area contributed by atoms with E-state index in [4.69, 9.17) is 48.7 Å². The van der Waals surface area contributed by atoms with Crippen molar-refractivity contribution in [2.45, 2.75) is 181 Å². The number of aromatic hydroxyl groups is 1. The average Bonchev–Trinajstić information content (AvgIpc) is 0.842. The van der Waals surface area contributed by atoms with Gasteiger partial charge in [-0.3, -0.25) is 48.3 Å². The van der Waals surface area contributed by atoms with E-state index in [-0.39, 0.29) is 89.2 Å². The summed E-state index contributed by atoms with van der Waals surface area (Å²) >= 11 is 6.16. The number of hydrogen-bond acceptors (Lipinski definition) is 19. The number of hydrogen-bond donors (Lipinski definition) is 14. The van der Waals surface area contributed by atoms with Crippen LogP contribution in [0.25, 0.3) is 10.9 Å². The van der Waals surface area contributed by atoms with Crippen LogP contribution in [0.2, 0.25) is 5.02 Å². The van der Waals surface area contributed by atoms with Crippen molar-refractivity contribution < 1.29 is 72.4 Å². The predicted molar refractivity (Wildman–Crippen MR) is 367 cm³/mol. The van der Waals surface area contributed by atoms with Gasteiger partial charge in [0.15, 0.2) is 5.96 Å². The minimum absolute atomic E-state index is 0.00818. The number of nitrogens with one attached hydrogen (secondary N) is 8. The fourth-order valence-electron chi connectivity index (χ4n) is 9.61. The molecule has 1 heterocycles. The van der Waals surface area contributed by atoms with E-state index in [1.54, 1.807) is 26.1 Å². The number of halogens is 1. The maximum atomic E-state index is 14.2. The number of anilines is 1. The number of unbranched alkanes of at least 4 members (excludes halogenated alkanes) is 1. The van der Waals surface area contributed by atoms with Gasteiger partial charge in [-0.05, 0) is 141 Å². The van der Waals surface area contributed by atoms with E-state index in [9.17, 15) is 58.2 Å². The van der Waals surface area contributed by atoms with Gasteiger partial charge in [-0.2, -0.15) is 0 Å². The van der Waals surface area contributed by atoms with E-state index >= 15 is 0 Å². The van der Waals surface area contributed by atoms with E-state index in [1.165, 1.54) is 45.0 Å². The summed E-state index contributed by atoms with van der Waals surface area (Å²) < 4.78 is 16.5. The van der Waals surface area contributed by atoms with Crippen LogP contribution in [-0.2, 0) is 59.0 Å². The molecule has 1 aromatic heterocycles. The third-order valence-electron chi connectivity index (χ3n) is 15.2. The van der Waals surface area contributed by atoms with Crippen LogP contribution in [0.4, 0.5) is 15.3 Å². The number of aromatic nitrogens is 1. The van der Waals surface area contributed by atoms with Gasteiger partial charge in [0, 0.05) is 71.1 Å². The van der Waals surface area contributed by atoms with Crippen molar-refractivity contribution in [3.8, 4) is 5.75 Å². The first-order valence-electron chi connectivity index (χ1n) is 32.5. The molecule has 8 atom stereocenters. The number of benzene rings is 2. The smallest absolute Gasteiger partial charge is 0.508 e. The first kappa shape index (κ1) is 82.2. The number of carboxylic acids is 1. The number of carbonyl (C=O) groups is 10. The Hall–Kier alpha value is -9.03. The number of phenols is 1. The van der Waals surface area contributed by atoms with Crippen molar-refractivity contribution in [3.05, 3.63) is 77.5 Å². The van der Waals surface area contributed by atoms with Crippen LogP contribution in [0.5, 0.6) is 5.75 Å². The Kier molecular flexibility index (Phi) is 35.4. The number of amides is 8. The van der Waals surface area contributed by atoms with E-state index < -0.39 is 119 Å². The molecule has 30 nitrogen and oxygen atoms in total. The number of likely N-dealkylation sites (N-methyl/N-ethyl adjacent to an activating group) is 1. The molecule has 1 unspecified atom stereocenters. The Labute approximate surface area is 572 Å². The normalized spacial score (nSPS) is 14.0. The van der Waals surface area contributed by atoms with Gasteiger partial charge < -0.3 is 94.8 Å². The lowest BCUT2D eigenvalue weighted by Gasteiger charge is -2.27. The molecular formula is C66H102ClN15O15. The molecule has 0 aliphatic rings. The lowest BCUT2D eigenvalue weighted by molar-refractivity contribution is -0.138. The number of carbonyl (C=O) groups excluding carboxylic acids is 9. The van der Waals surface area contributed by atoms with E-state index in [0.29, 0.717) is 30.0 Å². The molecule has 8 amide bonds. The highest BCUT2D eigenvalue weighted by Crippen LogP contribution is 2.27. The minimum atomic E-state index is -1.46. The van der Waals surface area contributed by atoms with Crippen LogP contribution >= 0.6 is 11.6 Å². The average molecular weight is 1380 g/mol. The number of guanidine groups is 1. The fraction of sp³-hybridized carbons (Fsp3) is 0.576. The van der Waals surface area contributed by atoms with Crippen LogP contribution < -0.4 is 65.5 Å². The third kappa shape index (κ3) is 33.0. The van der Waals surface area contributed by atoms with Gasteiger partial charge in [-0.1, -0.05) is 70.5 Å². The number of rotatable bonds is 44. The maximum absolute atomic E-state index is 14.2. The molecule has 0 saturated carbocycles.